The molecule has 1 aromatic carbocycles. The molecule has 1 aliphatic rings. The van der Waals surface area contributed by atoms with Crippen LogP contribution in [0.15, 0.2) is 18.2 Å². The van der Waals surface area contributed by atoms with E-state index in [0.29, 0.717) is 13.1 Å². The molecule has 0 saturated carbocycles. The van der Waals surface area contributed by atoms with Crippen molar-refractivity contribution in [1.82, 2.24) is 10.2 Å². The fraction of sp³-hybridized carbons (Fsp3) is 0.529. The minimum Gasteiger partial charge on any atom is -0.490 e. The van der Waals surface area contributed by atoms with Crippen molar-refractivity contribution in [2.45, 2.75) is 45.8 Å². The van der Waals surface area contributed by atoms with Crippen LogP contribution >= 0.6 is 0 Å². The zero-order chi connectivity index (χ0) is 17.0. The monoisotopic (exact) mass is 319 g/mol. The molecule has 2 rings (SSSR count). The van der Waals surface area contributed by atoms with Crippen molar-refractivity contribution in [3.63, 3.8) is 0 Å². The SMILES string of the molecule is Cc1cccc(C)c1OC1CCN(C(=O)[C@@H](C)NC(N)=O)CC1. The number of nitrogens with one attached hydrogen (secondary N) is 1. The number of rotatable bonds is 4. The Morgan fingerprint density at radius 3 is 2.35 bits per heavy atom. The third-order valence-electron chi connectivity index (χ3n) is 4.18. The maximum atomic E-state index is 12.2. The lowest BCUT2D eigenvalue weighted by molar-refractivity contribution is -0.134. The van der Waals surface area contributed by atoms with E-state index in [1.807, 2.05) is 32.0 Å². The van der Waals surface area contributed by atoms with Crippen LogP contribution < -0.4 is 15.8 Å². The maximum absolute atomic E-state index is 12.2. The lowest BCUT2D eigenvalue weighted by atomic mass is 10.1. The van der Waals surface area contributed by atoms with Gasteiger partial charge < -0.3 is 20.7 Å². The molecular formula is C17H25N3O3. The van der Waals surface area contributed by atoms with E-state index in [9.17, 15) is 9.59 Å². The summed E-state index contributed by atoms with van der Waals surface area (Å²) in [5.41, 5.74) is 7.31. The van der Waals surface area contributed by atoms with E-state index >= 15 is 0 Å². The van der Waals surface area contributed by atoms with Crippen molar-refractivity contribution < 1.29 is 14.3 Å². The number of hydrogen-bond donors (Lipinski definition) is 2. The van der Waals surface area contributed by atoms with Gasteiger partial charge in [-0.1, -0.05) is 18.2 Å². The number of urea groups is 1. The summed E-state index contributed by atoms with van der Waals surface area (Å²) in [5.74, 6) is 0.843. The van der Waals surface area contributed by atoms with E-state index in [-0.39, 0.29) is 12.0 Å². The van der Waals surface area contributed by atoms with Gasteiger partial charge in [-0.2, -0.15) is 0 Å². The molecule has 0 aromatic heterocycles. The lowest BCUT2D eigenvalue weighted by Crippen LogP contribution is -2.51. The second kappa shape index (κ2) is 7.35. The van der Waals surface area contributed by atoms with Crippen molar-refractivity contribution >= 4 is 11.9 Å². The van der Waals surface area contributed by atoms with Crippen molar-refractivity contribution in [3.8, 4) is 5.75 Å². The largest absolute Gasteiger partial charge is 0.490 e. The van der Waals surface area contributed by atoms with E-state index < -0.39 is 12.1 Å². The van der Waals surface area contributed by atoms with Gasteiger partial charge in [0.05, 0.1) is 0 Å². The minimum atomic E-state index is -0.681. The summed E-state index contributed by atoms with van der Waals surface area (Å²) >= 11 is 0. The molecule has 0 spiro atoms. The number of hydrogen-bond acceptors (Lipinski definition) is 3. The molecule has 1 aromatic rings. The molecule has 3 N–H and O–H groups in total. The number of nitrogens with zero attached hydrogens (tertiary/aromatic N) is 1. The van der Waals surface area contributed by atoms with E-state index in [4.69, 9.17) is 10.5 Å². The first kappa shape index (κ1) is 17.1. The van der Waals surface area contributed by atoms with Gasteiger partial charge in [0.15, 0.2) is 0 Å². The van der Waals surface area contributed by atoms with Crippen LogP contribution in [-0.4, -0.2) is 42.1 Å². The van der Waals surface area contributed by atoms with Gasteiger partial charge in [-0.25, -0.2) is 4.79 Å². The molecular weight excluding hydrogens is 294 g/mol. The first-order valence-corrected chi connectivity index (χ1v) is 7.96. The Morgan fingerprint density at radius 2 is 1.83 bits per heavy atom. The van der Waals surface area contributed by atoms with Gasteiger partial charge in [-0.3, -0.25) is 4.79 Å². The highest BCUT2D eigenvalue weighted by Crippen LogP contribution is 2.26. The van der Waals surface area contributed by atoms with Gasteiger partial charge in [-0.05, 0) is 31.9 Å². The van der Waals surface area contributed by atoms with Crippen molar-refractivity contribution in [2.75, 3.05) is 13.1 Å². The summed E-state index contributed by atoms with van der Waals surface area (Å²) in [4.78, 5) is 24.8. The first-order chi connectivity index (χ1) is 10.9. The minimum absolute atomic E-state index is 0.102. The third-order valence-corrected chi connectivity index (χ3v) is 4.18. The molecule has 1 heterocycles. The predicted molar refractivity (Wildman–Crippen MR) is 88.3 cm³/mol. The summed E-state index contributed by atoms with van der Waals surface area (Å²) in [6, 6.07) is 4.82. The number of primary amides is 1. The number of piperidine rings is 1. The molecule has 23 heavy (non-hydrogen) atoms. The molecule has 0 bridgehead atoms. The van der Waals surface area contributed by atoms with Gasteiger partial charge in [-0.15, -0.1) is 0 Å². The number of benzene rings is 1. The Hall–Kier alpha value is -2.24. The number of nitrogens with two attached hydrogens (primary N) is 1. The summed E-state index contributed by atoms with van der Waals surface area (Å²) < 4.78 is 6.14. The molecule has 6 heteroatoms. The number of carbonyl (C=O) groups is 2. The molecule has 1 atom stereocenters. The average Bonchev–Trinajstić information content (AvgIpc) is 2.50. The van der Waals surface area contributed by atoms with Gasteiger partial charge >= 0.3 is 6.03 Å². The first-order valence-electron chi connectivity index (χ1n) is 7.96. The molecule has 3 amide bonds. The Bertz CT molecular complexity index is 560. The topological polar surface area (TPSA) is 84.7 Å². The number of aryl methyl sites for hydroxylation is 2. The van der Waals surface area contributed by atoms with Crippen LogP contribution in [0.25, 0.3) is 0 Å². The van der Waals surface area contributed by atoms with Gasteiger partial charge in [0, 0.05) is 25.9 Å². The zero-order valence-corrected chi connectivity index (χ0v) is 14.0. The van der Waals surface area contributed by atoms with Crippen LogP contribution in [0.2, 0.25) is 0 Å². The average molecular weight is 319 g/mol. The van der Waals surface area contributed by atoms with E-state index in [1.165, 1.54) is 0 Å². The van der Waals surface area contributed by atoms with Crippen molar-refractivity contribution in [3.05, 3.63) is 29.3 Å². The summed E-state index contributed by atoms with van der Waals surface area (Å²) in [6.45, 7) is 6.97. The molecule has 0 unspecified atom stereocenters. The fourth-order valence-corrected chi connectivity index (χ4v) is 2.89. The van der Waals surface area contributed by atoms with Crippen LogP contribution in [0.1, 0.15) is 30.9 Å². The molecule has 1 fully saturated rings. The highest BCUT2D eigenvalue weighted by Gasteiger charge is 2.27. The van der Waals surface area contributed by atoms with Gasteiger partial charge in [0.1, 0.15) is 17.9 Å². The fourth-order valence-electron chi connectivity index (χ4n) is 2.89. The molecule has 6 nitrogen and oxygen atoms in total. The van der Waals surface area contributed by atoms with Crippen LogP contribution in [-0.2, 0) is 4.79 Å². The summed E-state index contributed by atoms with van der Waals surface area (Å²) in [5, 5.41) is 2.42. The van der Waals surface area contributed by atoms with E-state index in [2.05, 4.69) is 5.32 Å². The van der Waals surface area contributed by atoms with E-state index in [0.717, 1.165) is 29.7 Å². The Kier molecular flexibility index (Phi) is 5.47. The van der Waals surface area contributed by atoms with E-state index in [1.54, 1.807) is 11.8 Å². The lowest BCUT2D eigenvalue weighted by Gasteiger charge is -2.34. The highest BCUT2D eigenvalue weighted by atomic mass is 16.5. The maximum Gasteiger partial charge on any atom is 0.312 e. The molecule has 1 saturated heterocycles. The van der Waals surface area contributed by atoms with Crippen LogP contribution in [0.4, 0.5) is 4.79 Å². The number of ether oxygens (including phenoxy) is 1. The zero-order valence-electron chi connectivity index (χ0n) is 14.0. The van der Waals surface area contributed by atoms with Crippen molar-refractivity contribution in [1.29, 1.82) is 0 Å². The Balaban J connectivity index is 1.89. The third kappa shape index (κ3) is 4.37. The van der Waals surface area contributed by atoms with Gasteiger partial charge in [0.2, 0.25) is 5.91 Å². The number of amides is 3. The van der Waals surface area contributed by atoms with Crippen LogP contribution in [0.3, 0.4) is 0 Å². The summed E-state index contributed by atoms with van der Waals surface area (Å²) in [6.07, 6.45) is 1.67. The predicted octanol–water partition coefficient (Wildman–Crippen LogP) is 1.73. The molecule has 0 radical (unpaired) electrons. The second-order valence-electron chi connectivity index (χ2n) is 6.09. The molecule has 0 aliphatic carbocycles. The smallest absolute Gasteiger partial charge is 0.312 e. The highest BCUT2D eigenvalue weighted by molar-refractivity contribution is 5.86. The Labute approximate surface area is 137 Å². The van der Waals surface area contributed by atoms with Crippen LogP contribution in [0.5, 0.6) is 5.75 Å². The van der Waals surface area contributed by atoms with Crippen LogP contribution in [0, 0.1) is 13.8 Å². The molecule has 1 aliphatic heterocycles. The number of carbonyl (C=O) groups excluding carboxylic acids is 2. The molecule has 126 valence electrons. The van der Waals surface area contributed by atoms with Gasteiger partial charge in [0.25, 0.3) is 0 Å². The van der Waals surface area contributed by atoms with Crippen molar-refractivity contribution in [2.24, 2.45) is 5.73 Å². The summed E-state index contributed by atoms with van der Waals surface area (Å²) in [7, 11) is 0. The second-order valence-corrected chi connectivity index (χ2v) is 6.09. The number of likely N-dealkylation sites (tertiary alicyclic amines) is 1. The number of para-hydroxylation sites is 1. The normalized spacial score (nSPS) is 16.7. The quantitative estimate of drug-likeness (QED) is 0.886. The standard InChI is InChI=1S/C17H25N3O3/c1-11-5-4-6-12(2)15(11)23-14-7-9-20(10-8-14)16(21)13(3)19-17(18)22/h4-6,13-14H,7-10H2,1-3H3,(H3,18,19,22)/t13-/m1/s1. The Morgan fingerprint density at radius 1 is 1.26 bits per heavy atom.